The largest absolute Gasteiger partial charge is 0.475 e. The Hall–Kier alpha value is -2.54. The topological polar surface area (TPSA) is 93.6 Å². The number of amides is 1. The predicted octanol–water partition coefficient (Wildman–Crippen LogP) is 5.78. The predicted molar refractivity (Wildman–Crippen MR) is 135 cm³/mol. The summed E-state index contributed by atoms with van der Waals surface area (Å²) < 4.78 is 81.6. The van der Waals surface area contributed by atoms with Crippen molar-refractivity contribution in [3.05, 3.63) is 47.7 Å². The van der Waals surface area contributed by atoms with Gasteiger partial charge in [-0.1, -0.05) is 6.92 Å². The Morgan fingerprint density at radius 2 is 1.74 bits per heavy atom. The van der Waals surface area contributed by atoms with E-state index in [1.165, 1.54) is 6.07 Å². The molecule has 1 amide bonds. The van der Waals surface area contributed by atoms with Gasteiger partial charge in [0.2, 0.25) is 5.91 Å². The third-order valence-electron chi connectivity index (χ3n) is 7.11. The van der Waals surface area contributed by atoms with Crippen LogP contribution >= 0.6 is 15.9 Å². The summed E-state index contributed by atoms with van der Waals surface area (Å²) in [6.07, 6.45) is -2.91. The van der Waals surface area contributed by atoms with Crippen LogP contribution in [-0.4, -0.2) is 47.5 Å². The van der Waals surface area contributed by atoms with Crippen molar-refractivity contribution in [1.82, 2.24) is 4.98 Å². The van der Waals surface area contributed by atoms with E-state index >= 15 is 0 Å². The van der Waals surface area contributed by atoms with E-state index in [1.54, 1.807) is 41.9 Å². The van der Waals surface area contributed by atoms with Gasteiger partial charge < -0.3 is 4.74 Å². The van der Waals surface area contributed by atoms with Gasteiger partial charge in [-0.25, -0.2) is 13.4 Å². The minimum Gasteiger partial charge on any atom is -0.427 e. The van der Waals surface area contributed by atoms with Crippen LogP contribution in [0.3, 0.4) is 0 Å². The number of benzene rings is 1. The number of pyridine rings is 1. The quantitative estimate of drug-likeness (QED) is 0.221. The number of fused-ring (bicyclic) bond motifs is 1. The first-order valence-corrected chi connectivity index (χ1v) is 14.3. The summed E-state index contributed by atoms with van der Waals surface area (Å²) in [5.41, 5.74) is -0.383. The van der Waals surface area contributed by atoms with Crippen molar-refractivity contribution in [2.75, 3.05) is 16.4 Å². The lowest BCUT2D eigenvalue weighted by molar-refractivity contribution is -0.266. The Morgan fingerprint density at radius 1 is 1.11 bits per heavy atom. The zero-order valence-electron chi connectivity index (χ0n) is 20.7. The van der Waals surface area contributed by atoms with Crippen LogP contribution in [0, 0.1) is 5.41 Å². The van der Waals surface area contributed by atoms with Gasteiger partial charge in [-0.05, 0) is 61.9 Å². The number of alkyl halides is 5. The summed E-state index contributed by atoms with van der Waals surface area (Å²) in [6.45, 7) is 5.16. The Balaban J connectivity index is 1.63. The SMILES string of the molecule is CC1(CC(=O)c2ccc3c(c2)C(C)(C)C(=O)N3c2cc(OC(F)(F)C(F)(F)Br)ccn2)CCS(=O)(=O)CC1. The number of hydrogen-bond donors (Lipinski definition) is 0. The molecule has 7 nitrogen and oxygen atoms in total. The molecule has 0 radical (unpaired) electrons. The molecule has 2 aromatic rings. The van der Waals surface area contributed by atoms with Crippen LogP contribution in [0.2, 0.25) is 0 Å². The van der Waals surface area contributed by atoms with E-state index in [4.69, 9.17) is 0 Å². The van der Waals surface area contributed by atoms with Crippen LogP contribution in [0.1, 0.15) is 56.0 Å². The number of halogens is 5. The lowest BCUT2D eigenvalue weighted by Crippen LogP contribution is -2.40. The van der Waals surface area contributed by atoms with Crippen molar-refractivity contribution in [3.8, 4) is 5.75 Å². The molecule has 2 aliphatic heterocycles. The van der Waals surface area contributed by atoms with Gasteiger partial charge >= 0.3 is 10.9 Å². The fourth-order valence-corrected chi connectivity index (χ4v) is 6.52. The third-order valence-corrected chi connectivity index (χ3v) is 9.23. The summed E-state index contributed by atoms with van der Waals surface area (Å²) in [4.78, 5) is 27.1. The lowest BCUT2D eigenvalue weighted by atomic mass is 9.78. The molecule has 13 heteroatoms. The third kappa shape index (κ3) is 5.31. The van der Waals surface area contributed by atoms with Crippen molar-refractivity contribution in [1.29, 1.82) is 0 Å². The first-order chi connectivity index (χ1) is 17.4. The van der Waals surface area contributed by atoms with E-state index < -0.39 is 43.3 Å². The molecular weight excluding hydrogens is 596 g/mol. The monoisotopic (exact) mass is 620 g/mol. The van der Waals surface area contributed by atoms with E-state index in [9.17, 15) is 35.6 Å². The van der Waals surface area contributed by atoms with Crippen LogP contribution in [0.5, 0.6) is 5.75 Å². The van der Waals surface area contributed by atoms with Gasteiger partial charge in [0.1, 0.15) is 21.4 Å². The summed E-state index contributed by atoms with van der Waals surface area (Å²) in [7, 11) is -3.09. The molecular formula is C25H25BrF4N2O5S. The fraction of sp³-hybridized carbons (Fsp3) is 0.480. The second kappa shape index (κ2) is 9.29. The molecule has 0 N–H and O–H groups in total. The second-order valence-corrected chi connectivity index (χ2v) is 13.8. The molecule has 0 bridgehead atoms. The van der Waals surface area contributed by atoms with E-state index in [0.717, 1.165) is 23.2 Å². The molecule has 2 aliphatic rings. The molecule has 0 unspecified atom stereocenters. The number of Topliss-reactive ketones (excluding diaryl/α,β-unsaturated/α-hetero) is 1. The molecule has 0 saturated carbocycles. The highest BCUT2D eigenvalue weighted by Gasteiger charge is 2.58. The minimum absolute atomic E-state index is 0.0342. The van der Waals surface area contributed by atoms with E-state index in [0.29, 0.717) is 29.7 Å². The van der Waals surface area contributed by atoms with E-state index in [1.807, 2.05) is 6.92 Å². The first-order valence-electron chi connectivity index (χ1n) is 11.7. The van der Waals surface area contributed by atoms with Gasteiger partial charge in [0.05, 0.1) is 22.6 Å². The van der Waals surface area contributed by atoms with Crippen molar-refractivity contribution in [2.45, 2.75) is 56.4 Å². The Kier molecular flexibility index (Phi) is 6.96. The second-order valence-electron chi connectivity index (χ2n) is 10.5. The maximum absolute atomic E-state index is 13.7. The van der Waals surface area contributed by atoms with Crippen molar-refractivity contribution >= 4 is 49.0 Å². The maximum atomic E-state index is 13.7. The molecule has 4 rings (SSSR count). The van der Waals surface area contributed by atoms with Crippen LogP contribution < -0.4 is 9.64 Å². The summed E-state index contributed by atoms with van der Waals surface area (Å²) >= 11 is 1.60. The van der Waals surface area contributed by atoms with Crippen molar-refractivity contribution in [3.63, 3.8) is 0 Å². The normalized spacial score (nSPS) is 20.2. The van der Waals surface area contributed by atoms with E-state index in [2.05, 4.69) is 9.72 Å². The molecule has 0 spiro atoms. The van der Waals surface area contributed by atoms with Crippen LogP contribution in [0.15, 0.2) is 36.5 Å². The number of carbonyl (C=O) groups is 2. The highest BCUT2D eigenvalue weighted by atomic mass is 79.9. The maximum Gasteiger partial charge on any atom is 0.475 e. The Labute approximate surface area is 225 Å². The van der Waals surface area contributed by atoms with Gasteiger partial charge in [0.25, 0.3) is 0 Å². The number of ketones is 1. The molecule has 1 saturated heterocycles. The molecule has 1 aromatic heterocycles. The summed E-state index contributed by atoms with van der Waals surface area (Å²) in [6, 6.07) is 6.58. The molecule has 0 atom stereocenters. The number of sulfone groups is 1. The minimum atomic E-state index is -4.87. The molecule has 3 heterocycles. The Morgan fingerprint density at radius 3 is 2.34 bits per heavy atom. The van der Waals surface area contributed by atoms with Gasteiger partial charge in [-0.3, -0.25) is 14.5 Å². The van der Waals surface area contributed by atoms with Gasteiger partial charge in [0, 0.05) is 40.2 Å². The standard InChI is InChI=1S/C25H25BrF4N2O5S/c1-22(2)17-12-15(19(33)14-23(3)7-10-38(35,36)11-8-23)4-5-18(17)32(21(22)34)20-13-16(6-9-31-20)37-25(29,30)24(26,27)28/h4-6,9,12-13H,7-8,10-11,14H2,1-3H3. The zero-order valence-corrected chi connectivity index (χ0v) is 23.1. The molecule has 0 aliphatic carbocycles. The molecule has 1 fully saturated rings. The van der Waals surface area contributed by atoms with Crippen LogP contribution in [-0.2, 0) is 20.0 Å². The van der Waals surface area contributed by atoms with Gasteiger partial charge in [-0.2, -0.15) is 17.6 Å². The van der Waals surface area contributed by atoms with Gasteiger partial charge in [0.15, 0.2) is 5.78 Å². The zero-order chi connectivity index (χ0) is 28.3. The first kappa shape index (κ1) is 28.5. The van der Waals surface area contributed by atoms with Crippen LogP contribution in [0.25, 0.3) is 0 Å². The Bertz CT molecular complexity index is 1390. The molecule has 206 valence electrons. The average molecular weight is 621 g/mol. The summed E-state index contributed by atoms with van der Waals surface area (Å²) in [5, 5.41) is 0. The number of rotatable bonds is 7. The van der Waals surface area contributed by atoms with Crippen molar-refractivity contribution < 1.29 is 40.3 Å². The highest BCUT2D eigenvalue weighted by molar-refractivity contribution is 9.10. The van der Waals surface area contributed by atoms with Crippen molar-refractivity contribution in [2.24, 2.45) is 5.41 Å². The number of ether oxygens (including phenoxy) is 1. The van der Waals surface area contributed by atoms with Crippen LogP contribution in [0.4, 0.5) is 29.1 Å². The average Bonchev–Trinajstić information content (AvgIpc) is 3.00. The number of aromatic nitrogens is 1. The number of nitrogens with zero attached hydrogens (tertiary/aromatic N) is 2. The number of hydrogen-bond acceptors (Lipinski definition) is 6. The van der Waals surface area contributed by atoms with E-state index in [-0.39, 0.29) is 29.5 Å². The summed E-state index contributed by atoms with van der Waals surface area (Å²) in [5.74, 6) is -1.35. The fourth-order valence-electron chi connectivity index (χ4n) is 4.63. The molecule has 1 aromatic carbocycles. The number of carbonyl (C=O) groups excluding carboxylic acids is 2. The molecule has 38 heavy (non-hydrogen) atoms. The lowest BCUT2D eigenvalue weighted by Gasteiger charge is -2.32. The number of anilines is 2. The van der Waals surface area contributed by atoms with Gasteiger partial charge in [-0.15, -0.1) is 0 Å². The highest BCUT2D eigenvalue weighted by Crippen LogP contribution is 2.47. The smallest absolute Gasteiger partial charge is 0.427 e.